The molecule has 0 aliphatic heterocycles. The Morgan fingerprint density at radius 1 is 1.65 bits per heavy atom. The molecule has 17 heavy (non-hydrogen) atoms. The Morgan fingerprint density at radius 3 is 3.00 bits per heavy atom. The van der Waals surface area contributed by atoms with Crippen molar-refractivity contribution in [1.29, 1.82) is 0 Å². The summed E-state index contributed by atoms with van der Waals surface area (Å²) in [6.07, 6.45) is 3.25. The molecule has 0 radical (unpaired) electrons. The Labute approximate surface area is 110 Å². The third kappa shape index (κ3) is 4.83. The van der Waals surface area contributed by atoms with Crippen LogP contribution < -0.4 is 5.32 Å². The Hall–Kier alpha value is -0.940. The highest BCUT2D eigenvalue weighted by atomic mass is 79.9. The molecular weight excluding hydrogens is 284 g/mol. The second-order valence-electron chi connectivity index (χ2n) is 3.86. The van der Waals surface area contributed by atoms with Gasteiger partial charge in [0.05, 0.1) is 0 Å². The third-order valence-electron chi connectivity index (χ3n) is 2.65. The number of hydrogen-bond donors (Lipinski definition) is 2. The minimum atomic E-state index is -0.107. The minimum absolute atomic E-state index is 0.107. The number of halogens is 1. The number of aliphatic hydroxyl groups excluding tert-OH is 1. The second kappa shape index (κ2) is 7.40. The SMILES string of the molecule is CCC(CCO)CNC(=O)c1ccnc(Br)c1. The summed E-state index contributed by atoms with van der Waals surface area (Å²) >= 11 is 3.22. The van der Waals surface area contributed by atoms with Crippen LogP contribution in [0.3, 0.4) is 0 Å². The van der Waals surface area contributed by atoms with Crippen LogP contribution in [-0.4, -0.2) is 29.1 Å². The largest absolute Gasteiger partial charge is 0.396 e. The predicted molar refractivity (Wildman–Crippen MR) is 69.8 cm³/mol. The zero-order valence-electron chi connectivity index (χ0n) is 9.82. The van der Waals surface area contributed by atoms with E-state index in [2.05, 4.69) is 33.2 Å². The maximum atomic E-state index is 11.8. The highest BCUT2D eigenvalue weighted by molar-refractivity contribution is 9.10. The summed E-state index contributed by atoms with van der Waals surface area (Å²) in [5.41, 5.74) is 0.589. The van der Waals surface area contributed by atoms with Crippen molar-refractivity contribution in [1.82, 2.24) is 10.3 Å². The lowest BCUT2D eigenvalue weighted by Gasteiger charge is -2.14. The Morgan fingerprint density at radius 2 is 2.41 bits per heavy atom. The van der Waals surface area contributed by atoms with E-state index >= 15 is 0 Å². The Kier molecular flexibility index (Phi) is 6.15. The maximum Gasteiger partial charge on any atom is 0.251 e. The van der Waals surface area contributed by atoms with Gasteiger partial charge < -0.3 is 10.4 Å². The van der Waals surface area contributed by atoms with E-state index in [0.29, 0.717) is 22.6 Å². The molecular formula is C12H17BrN2O2. The zero-order chi connectivity index (χ0) is 12.7. The lowest BCUT2D eigenvalue weighted by molar-refractivity contribution is 0.0943. The van der Waals surface area contributed by atoms with E-state index in [4.69, 9.17) is 5.11 Å². The van der Waals surface area contributed by atoms with Gasteiger partial charge in [0.25, 0.3) is 5.91 Å². The molecule has 1 aromatic rings. The van der Waals surface area contributed by atoms with Gasteiger partial charge in [-0.2, -0.15) is 0 Å². The van der Waals surface area contributed by atoms with E-state index < -0.39 is 0 Å². The molecule has 1 aromatic heterocycles. The quantitative estimate of drug-likeness (QED) is 0.790. The van der Waals surface area contributed by atoms with E-state index in [-0.39, 0.29) is 12.5 Å². The number of aliphatic hydroxyl groups is 1. The highest BCUT2D eigenvalue weighted by Crippen LogP contribution is 2.09. The lowest BCUT2D eigenvalue weighted by Crippen LogP contribution is -2.29. The summed E-state index contributed by atoms with van der Waals surface area (Å²) in [6, 6.07) is 3.36. The van der Waals surface area contributed by atoms with Crippen LogP contribution in [0, 0.1) is 5.92 Å². The van der Waals surface area contributed by atoms with Gasteiger partial charge in [-0.15, -0.1) is 0 Å². The fourth-order valence-electron chi connectivity index (χ4n) is 1.52. The molecule has 5 heteroatoms. The molecule has 0 fully saturated rings. The smallest absolute Gasteiger partial charge is 0.251 e. The van der Waals surface area contributed by atoms with Gasteiger partial charge in [0.1, 0.15) is 4.60 Å². The number of aromatic nitrogens is 1. The van der Waals surface area contributed by atoms with Crippen molar-refractivity contribution in [2.24, 2.45) is 5.92 Å². The molecule has 0 aromatic carbocycles. The molecule has 0 bridgehead atoms. The van der Waals surface area contributed by atoms with Crippen LogP contribution in [0.1, 0.15) is 30.1 Å². The van der Waals surface area contributed by atoms with Crippen molar-refractivity contribution in [3.05, 3.63) is 28.5 Å². The molecule has 1 unspecified atom stereocenters. The van der Waals surface area contributed by atoms with E-state index in [1.54, 1.807) is 18.3 Å². The molecule has 4 nitrogen and oxygen atoms in total. The van der Waals surface area contributed by atoms with Crippen molar-refractivity contribution in [3.8, 4) is 0 Å². The number of carbonyl (C=O) groups is 1. The molecule has 1 atom stereocenters. The standard InChI is InChI=1S/C12H17BrN2O2/c1-2-9(4-6-16)8-15-12(17)10-3-5-14-11(13)7-10/h3,5,7,9,16H,2,4,6,8H2,1H3,(H,15,17). The zero-order valence-corrected chi connectivity index (χ0v) is 11.4. The van der Waals surface area contributed by atoms with Crippen LogP contribution >= 0.6 is 15.9 Å². The van der Waals surface area contributed by atoms with E-state index in [1.165, 1.54) is 0 Å². The summed E-state index contributed by atoms with van der Waals surface area (Å²) in [5.74, 6) is 0.221. The van der Waals surface area contributed by atoms with E-state index in [1.807, 2.05) is 0 Å². The number of hydrogen-bond acceptors (Lipinski definition) is 3. The average molecular weight is 301 g/mol. The number of rotatable bonds is 6. The normalized spacial score (nSPS) is 12.2. The Bertz CT molecular complexity index is 371. The van der Waals surface area contributed by atoms with Gasteiger partial charge in [-0.1, -0.05) is 13.3 Å². The van der Waals surface area contributed by atoms with Gasteiger partial charge in [0, 0.05) is 24.9 Å². The molecule has 0 spiro atoms. The second-order valence-corrected chi connectivity index (χ2v) is 4.68. The monoisotopic (exact) mass is 300 g/mol. The number of nitrogens with one attached hydrogen (secondary N) is 1. The summed E-state index contributed by atoms with van der Waals surface area (Å²) in [4.78, 5) is 15.8. The Balaban J connectivity index is 2.49. The topological polar surface area (TPSA) is 62.2 Å². The van der Waals surface area contributed by atoms with Gasteiger partial charge in [-0.25, -0.2) is 4.98 Å². The molecule has 2 N–H and O–H groups in total. The number of pyridine rings is 1. The maximum absolute atomic E-state index is 11.8. The fraction of sp³-hybridized carbons (Fsp3) is 0.500. The van der Waals surface area contributed by atoms with Crippen molar-refractivity contribution in [3.63, 3.8) is 0 Å². The fourth-order valence-corrected chi connectivity index (χ4v) is 1.88. The van der Waals surface area contributed by atoms with Crippen LogP contribution in [-0.2, 0) is 0 Å². The molecule has 1 rings (SSSR count). The van der Waals surface area contributed by atoms with Gasteiger partial charge >= 0.3 is 0 Å². The van der Waals surface area contributed by atoms with Gasteiger partial charge in [-0.05, 0) is 40.4 Å². The first kappa shape index (κ1) is 14.1. The minimum Gasteiger partial charge on any atom is -0.396 e. The summed E-state index contributed by atoms with van der Waals surface area (Å²) < 4.78 is 0.646. The molecule has 94 valence electrons. The highest BCUT2D eigenvalue weighted by Gasteiger charge is 2.10. The van der Waals surface area contributed by atoms with Crippen LogP contribution in [0.4, 0.5) is 0 Å². The van der Waals surface area contributed by atoms with Crippen LogP contribution in [0.5, 0.6) is 0 Å². The number of carbonyl (C=O) groups excluding carboxylic acids is 1. The summed E-state index contributed by atoms with van der Waals surface area (Å²) in [6.45, 7) is 2.81. The molecule has 0 aliphatic rings. The summed E-state index contributed by atoms with van der Waals surface area (Å²) in [5, 5.41) is 11.7. The van der Waals surface area contributed by atoms with Crippen LogP contribution in [0.25, 0.3) is 0 Å². The molecule has 1 heterocycles. The first-order valence-corrected chi connectivity index (χ1v) is 6.47. The average Bonchev–Trinajstić information content (AvgIpc) is 2.34. The van der Waals surface area contributed by atoms with Crippen molar-refractivity contribution in [2.75, 3.05) is 13.2 Å². The predicted octanol–water partition coefficient (Wildman–Crippen LogP) is 1.98. The number of amides is 1. The molecule has 0 saturated heterocycles. The van der Waals surface area contributed by atoms with Gasteiger partial charge in [-0.3, -0.25) is 4.79 Å². The third-order valence-corrected chi connectivity index (χ3v) is 3.09. The van der Waals surface area contributed by atoms with Crippen LogP contribution in [0.2, 0.25) is 0 Å². The first-order valence-electron chi connectivity index (χ1n) is 5.68. The van der Waals surface area contributed by atoms with Crippen molar-refractivity contribution in [2.45, 2.75) is 19.8 Å². The first-order chi connectivity index (χ1) is 8.17. The van der Waals surface area contributed by atoms with Crippen LogP contribution in [0.15, 0.2) is 22.9 Å². The van der Waals surface area contributed by atoms with Crippen molar-refractivity contribution < 1.29 is 9.90 Å². The molecule has 0 aliphatic carbocycles. The molecule has 0 saturated carbocycles. The summed E-state index contributed by atoms with van der Waals surface area (Å²) in [7, 11) is 0. The number of nitrogens with zero attached hydrogens (tertiary/aromatic N) is 1. The van der Waals surface area contributed by atoms with E-state index in [0.717, 1.165) is 12.8 Å². The van der Waals surface area contributed by atoms with Gasteiger partial charge in [0.15, 0.2) is 0 Å². The van der Waals surface area contributed by atoms with E-state index in [9.17, 15) is 4.79 Å². The lowest BCUT2D eigenvalue weighted by atomic mass is 10.0. The van der Waals surface area contributed by atoms with Gasteiger partial charge in [0.2, 0.25) is 0 Å². The molecule has 1 amide bonds. The van der Waals surface area contributed by atoms with Crippen molar-refractivity contribution >= 4 is 21.8 Å².